The average Bonchev–Trinajstić information content (AvgIpc) is 3.16. The maximum absolute atomic E-state index is 12.7. The second-order valence-electron chi connectivity index (χ2n) is 6.61. The number of rotatable bonds is 5. The molecule has 0 amide bonds. The number of fused-ring (bicyclic) bond motifs is 1. The maximum Gasteiger partial charge on any atom is 0.359 e. The molecule has 7 nitrogen and oxygen atoms in total. The van der Waals surface area contributed by atoms with Gasteiger partial charge in [0.05, 0.1) is 5.69 Å². The third-order valence-electron chi connectivity index (χ3n) is 4.59. The zero-order valence-corrected chi connectivity index (χ0v) is 15.9. The third kappa shape index (κ3) is 3.28. The molecule has 0 spiro atoms. The summed E-state index contributed by atoms with van der Waals surface area (Å²) in [7, 11) is 0. The first kappa shape index (κ1) is 18.6. The van der Waals surface area contributed by atoms with Crippen LogP contribution in [0.25, 0.3) is 5.65 Å². The number of hydrogen-bond donors (Lipinski definition) is 1. The van der Waals surface area contributed by atoms with Crippen LogP contribution in [0.3, 0.4) is 0 Å². The molecule has 0 saturated heterocycles. The minimum absolute atomic E-state index is 0.120. The van der Waals surface area contributed by atoms with Crippen molar-refractivity contribution < 1.29 is 19.1 Å². The Morgan fingerprint density at radius 2 is 1.89 bits per heavy atom. The first-order valence-corrected chi connectivity index (χ1v) is 8.60. The van der Waals surface area contributed by atoms with Crippen molar-refractivity contribution in [1.29, 1.82) is 0 Å². The van der Waals surface area contributed by atoms with E-state index in [9.17, 15) is 14.4 Å². The highest BCUT2D eigenvalue weighted by molar-refractivity contribution is 6.05. The fourth-order valence-corrected chi connectivity index (χ4v) is 3.25. The normalized spacial score (nSPS) is 12.2. The van der Waals surface area contributed by atoms with Crippen LogP contribution in [0.5, 0.6) is 0 Å². The summed E-state index contributed by atoms with van der Waals surface area (Å²) in [6.07, 6.45) is 0.571. The summed E-state index contributed by atoms with van der Waals surface area (Å²) in [6.45, 7) is 8.29. The van der Waals surface area contributed by atoms with Gasteiger partial charge in [0.2, 0.25) is 5.78 Å². The van der Waals surface area contributed by atoms with E-state index in [1.165, 1.54) is 13.8 Å². The predicted octanol–water partition coefficient (Wildman–Crippen LogP) is 3.22. The number of carbonyl (C=O) groups is 3. The Morgan fingerprint density at radius 3 is 2.48 bits per heavy atom. The smallest absolute Gasteiger partial charge is 0.359 e. The van der Waals surface area contributed by atoms with Crippen LogP contribution in [0.15, 0.2) is 24.4 Å². The molecule has 0 aromatic carbocycles. The minimum Gasteiger partial charge on any atom is -0.449 e. The lowest BCUT2D eigenvalue weighted by atomic mass is 10.0. The number of H-pyrrole nitrogens is 1. The maximum atomic E-state index is 12.7. The molecule has 27 heavy (non-hydrogen) atoms. The molecule has 1 atom stereocenters. The molecular formula is C20H21N3O4. The molecular weight excluding hydrogens is 346 g/mol. The Kier molecular flexibility index (Phi) is 4.70. The van der Waals surface area contributed by atoms with E-state index in [0.717, 1.165) is 5.69 Å². The van der Waals surface area contributed by atoms with Gasteiger partial charge < -0.3 is 14.1 Å². The van der Waals surface area contributed by atoms with Crippen molar-refractivity contribution in [3.05, 3.63) is 58.3 Å². The minimum atomic E-state index is -1.01. The zero-order chi connectivity index (χ0) is 19.9. The molecule has 0 radical (unpaired) electrons. The van der Waals surface area contributed by atoms with Crippen molar-refractivity contribution in [2.75, 3.05) is 0 Å². The van der Waals surface area contributed by atoms with Crippen LogP contribution in [0.1, 0.15) is 62.1 Å². The number of aromatic amines is 1. The second-order valence-corrected chi connectivity index (χ2v) is 6.61. The molecule has 0 aliphatic heterocycles. The van der Waals surface area contributed by atoms with Crippen molar-refractivity contribution in [2.45, 2.75) is 40.7 Å². The summed E-state index contributed by atoms with van der Waals surface area (Å²) in [5.74, 6) is -1.19. The van der Waals surface area contributed by atoms with E-state index in [1.54, 1.807) is 30.5 Å². The quantitative estimate of drug-likeness (QED) is 0.552. The fraction of sp³-hybridized carbons (Fsp3) is 0.300. The highest BCUT2D eigenvalue weighted by atomic mass is 16.5. The van der Waals surface area contributed by atoms with Crippen molar-refractivity contribution in [3.8, 4) is 0 Å². The van der Waals surface area contributed by atoms with E-state index in [0.29, 0.717) is 22.5 Å². The summed E-state index contributed by atoms with van der Waals surface area (Å²) < 4.78 is 7.10. The predicted molar refractivity (Wildman–Crippen MR) is 99.4 cm³/mol. The average molecular weight is 367 g/mol. The first-order chi connectivity index (χ1) is 12.7. The Balaban J connectivity index is 1.82. The molecule has 140 valence electrons. The standard InChI is InChI=1S/C20H21N3O4/c1-10-7-6-8-16-22-15(9-23(10)16)20(26)27-14(5)19(25)18-11(2)17(13(4)24)12(3)21-18/h6-9,14,21H,1-5H3/t14-/m1/s1. The van der Waals surface area contributed by atoms with E-state index < -0.39 is 17.9 Å². The van der Waals surface area contributed by atoms with E-state index in [-0.39, 0.29) is 17.2 Å². The van der Waals surface area contributed by atoms with Gasteiger partial charge in [0.1, 0.15) is 5.65 Å². The first-order valence-electron chi connectivity index (χ1n) is 8.60. The molecule has 0 bridgehead atoms. The number of nitrogens with zero attached hydrogens (tertiary/aromatic N) is 2. The molecule has 0 saturated carbocycles. The van der Waals surface area contributed by atoms with E-state index in [4.69, 9.17) is 4.74 Å². The number of imidazole rings is 1. The number of aromatic nitrogens is 3. The summed E-state index contributed by atoms with van der Waals surface area (Å²) in [5.41, 5.74) is 3.65. The largest absolute Gasteiger partial charge is 0.449 e. The van der Waals surface area contributed by atoms with Crippen molar-refractivity contribution in [3.63, 3.8) is 0 Å². The molecule has 0 fully saturated rings. The molecule has 3 rings (SSSR count). The zero-order valence-electron chi connectivity index (χ0n) is 15.9. The van der Waals surface area contributed by atoms with Crippen molar-refractivity contribution in [2.24, 2.45) is 0 Å². The van der Waals surface area contributed by atoms with Crippen LogP contribution in [-0.2, 0) is 4.74 Å². The number of carbonyl (C=O) groups excluding carboxylic acids is 3. The van der Waals surface area contributed by atoms with Crippen molar-refractivity contribution in [1.82, 2.24) is 14.4 Å². The van der Waals surface area contributed by atoms with E-state index in [1.807, 2.05) is 19.1 Å². The Labute approximate surface area is 156 Å². The number of nitrogens with one attached hydrogen (secondary N) is 1. The number of esters is 1. The van der Waals surface area contributed by atoms with Crippen LogP contribution in [-0.4, -0.2) is 38.0 Å². The van der Waals surface area contributed by atoms with Gasteiger partial charge in [0.15, 0.2) is 17.6 Å². The second kappa shape index (κ2) is 6.83. The van der Waals surface area contributed by atoms with Crippen LogP contribution in [0, 0.1) is 20.8 Å². The van der Waals surface area contributed by atoms with Crippen LogP contribution < -0.4 is 0 Å². The summed E-state index contributed by atoms with van der Waals surface area (Å²) >= 11 is 0. The monoisotopic (exact) mass is 367 g/mol. The van der Waals surface area contributed by atoms with Crippen LogP contribution in [0.2, 0.25) is 0 Å². The molecule has 0 aliphatic carbocycles. The molecule has 3 aromatic rings. The lowest BCUT2D eigenvalue weighted by molar-refractivity contribution is 0.0312. The SMILES string of the molecule is CC(=O)c1c(C)[nH]c(C(=O)[C@@H](C)OC(=O)c2cn3c(C)cccc3n2)c1C. The van der Waals surface area contributed by atoms with Gasteiger partial charge in [0, 0.05) is 23.1 Å². The number of Topliss-reactive ketones (excluding diaryl/α,β-unsaturated/α-hetero) is 2. The summed E-state index contributed by atoms with van der Waals surface area (Å²) in [4.78, 5) is 44.0. The molecule has 3 heterocycles. The highest BCUT2D eigenvalue weighted by Crippen LogP contribution is 2.21. The van der Waals surface area contributed by atoms with Gasteiger partial charge in [-0.25, -0.2) is 9.78 Å². The van der Waals surface area contributed by atoms with Gasteiger partial charge in [0.25, 0.3) is 0 Å². The summed E-state index contributed by atoms with van der Waals surface area (Å²) in [5, 5.41) is 0. The van der Waals surface area contributed by atoms with Crippen LogP contribution in [0.4, 0.5) is 0 Å². The van der Waals surface area contributed by atoms with Crippen LogP contribution >= 0.6 is 0 Å². The number of ketones is 2. The fourth-order valence-electron chi connectivity index (χ4n) is 3.25. The lowest BCUT2D eigenvalue weighted by Crippen LogP contribution is -2.25. The van der Waals surface area contributed by atoms with E-state index >= 15 is 0 Å². The molecule has 7 heteroatoms. The van der Waals surface area contributed by atoms with Gasteiger partial charge in [-0.3, -0.25) is 9.59 Å². The van der Waals surface area contributed by atoms with Gasteiger partial charge in [-0.15, -0.1) is 0 Å². The van der Waals surface area contributed by atoms with Gasteiger partial charge >= 0.3 is 5.97 Å². The Bertz CT molecular complexity index is 1070. The van der Waals surface area contributed by atoms with E-state index in [2.05, 4.69) is 9.97 Å². The lowest BCUT2D eigenvalue weighted by Gasteiger charge is -2.11. The number of ether oxygens (including phenoxy) is 1. The number of pyridine rings is 1. The molecule has 3 aromatic heterocycles. The molecule has 0 unspecified atom stereocenters. The van der Waals surface area contributed by atoms with Gasteiger partial charge in [-0.05, 0) is 52.3 Å². The van der Waals surface area contributed by atoms with Crippen molar-refractivity contribution >= 4 is 23.2 Å². The summed E-state index contributed by atoms with van der Waals surface area (Å²) in [6, 6.07) is 5.54. The van der Waals surface area contributed by atoms with Gasteiger partial charge in [-0.1, -0.05) is 6.07 Å². The third-order valence-corrected chi connectivity index (χ3v) is 4.59. The van der Waals surface area contributed by atoms with Gasteiger partial charge in [-0.2, -0.15) is 0 Å². The Morgan fingerprint density at radius 1 is 1.19 bits per heavy atom. The highest BCUT2D eigenvalue weighted by Gasteiger charge is 2.27. The number of hydrogen-bond acceptors (Lipinski definition) is 5. The topological polar surface area (TPSA) is 93.5 Å². The number of aryl methyl sites for hydroxylation is 2. The molecule has 1 N–H and O–H groups in total. The Hall–Kier alpha value is -3.22. The molecule has 0 aliphatic rings.